The van der Waals surface area contributed by atoms with Crippen molar-refractivity contribution in [1.82, 2.24) is 0 Å². The second-order valence-corrected chi connectivity index (χ2v) is 8.60. The number of Topliss-reactive ketones (excluding diaryl/α,β-unsaturated/α-hetero) is 2. The molecule has 0 saturated heterocycles. The molecular formula is C24H32N2O2+2. The van der Waals surface area contributed by atoms with E-state index >= 15 is 0 Å². The quantitative estimate of drug-likeness (QED) is 0.359. The van der Waals surface area contributed by atoms with E-state index in [0.717, 1.165) is 24.2 Å². The van der Waals surface area contributed by atoms with Crippen LogP contribution in [0.3, 0.4) is 0 Å². The first-order chi connectivity index (χ1) is 13.2. The number of likely N-dealkylation sites (N-methyl/N-ethyl adjacent to an activating group) is 2. The van der Waals surface area contributed by atoms with E-state index < -0.39 is 0 Å². The average molecular weight is 381 g/mol. The van der Waals surface area contributed by atoms with Gasteiger partial charge in [0.15, 0.2) is 0 Å². The maximum absolute atomic E-state index is 12.4. The van der Waals surface area contributed by atoms with E-state index in [1.54, 1.807) is 0 Å². The molecule has 0 unspecified atom stereocenters. The molecule has 0 radical (unpaired) electrons. The van der Waals surface area contributed by atoms with E-state index in [1.807, 2.05) is 60.7 Å². The summed E-state index contributed by atoms with van der Waals surface area (Å²) in [5, 5.41) is 0. The molecule has 0 aliphatic carbocycles. The molecule has 0 spiro atoms. The molecule has 0 aliphatic heterocycles. The van der Waals surface area contributed by atoms with Crippen LogP contribution < -0.4 is 0 Å². The lowest BCUT2D eigenvalue weighted by Gasteiger charge is -2.29. The average Bonchev–Trinajstić information content (AvgIpc) is 2.66. The van der Waals surface area contributed by atoms with Crippen LogP contribution in [0.1, 0.15) is 20.7 Å². The Morgan fingerprint density at radius 3 is 1.29 bits per heavy atom. The second-order valence-electron chi connectivity index (χ2n) is 8.60. The van der Waals surface area contributed by atoms with Crippen LogP contribution in [0.25, 0.3) is 0 Å². The first-order valence-electron chi connectivity index (χ1n) is 9.64. The van der Waals surface area contributed by atoms with E-state index in [1.165, 1.54) is 0 Å². The topological polar surface area (TPSA) is 34.1 Å². The van der Waals surface area contributed by atoms with Crippen LogP contribution in [0.15, 0.2) is 72.8 Å². The Bertz CT molecular complexity index is 740. The molecule has 2 rings (SSSR count). The summed E-state index contributed by atoms with van der Waals surface area (Å²) in [6.07, 6.45) is 4.23. The zero-order valence-electron chi connectivity index (χ0n) is 17.5. The molecule has 0 bridgehead atoms. The smallest absolute Gasteiger partial charge is 0.216 e. The highest BCUT2D eigenvalue weighted by Gasteiger charge is 2.21. The molecule has 2 aromatic rings. The molecule has 0 amide bonds. The number of carbonyl (C=O) groups is 2. The molecule has 4 heteroatoms. The minimum Gasteiger partial charge on any atom is -0.319 e. The van der Waals surface area contributed by atoms with Gasteiger partial charge in [0.2, 0.25) is 11.6 Å². The summed E-state index contributed by atoms with van der Waals surface area (Å²) in [6.45, 7) is 2.45. The summed E-state index contributed by atoms with van der Waals surface area (Å²) in [7, 11) is 8.24. The van der Waals surface area contributed by atoms with Crippen molar-refractivity contribution < 1.29 is 18.6 Å². The summed E-state index contributed by atoms with van der Waals surface area (Å²) < 4.78 is 1.20. The number of nitrogens with zero attached hydrogens (tertiary/aromatic N) is 2. The molecule has 0 N–H and O–H groups in total. The molecule has 0 fully saturated rings. The largest absolute Gasteiger partial charge is 0.319 e. The van der Waals surface area contributed by atoms with Crippen molar-refractivity contribution in [2.24, 2.45) is 0 Å². The van der Waals surface area contributed by atoms with Gasteiger partial charge >= 0.3 is 0 Å². The number of benzene rings is 2. The van der Waals surface area contributed by atoms with Gasteiger partial charge in [-0.2, -0.15) is 0 Å². The van der Waals surface area contributed by atoms with Gasteiger partial charge in [-0.05, 0) is 12.2 Å². The normalized spacial score (nSPS) is 12.3. The monoisotopic (exact) mass is 380 g/mol. The fraction of sp³-hybridized carbons (Fsp3) is 0.333. The van der Waals surface area contributed by atoms with Gasteiger partial charge in [0.05, 0.1) is 41.3 Å². The van der Waals surface area contributed by atoms with E-state index in [9.17, 15) is 9.59 Å². The number of quaternary nitrogens is 2. The van der Waals surface area contributed by atoms with Gasteiger partial charge in [-0.3, -0.25) is 9.59 Å². The molecule has 4 nitrogen and oxygen atoms in total. The predicted octanol–water partition coefficient (Wildman–Crippen LogP) is 3.46. The fourth-order valence-corrected chi connectivity index (χ4v) is 3.06. The summed E-state index contributed by atoms with van der Waals surface area (Å²) in [4.78, 5) is 24.9. The minimum absolute atomic E-state index is 0.156. The molecule has 2 aromatic carbocycles. The minimum atomic E-state index is 0.156. The molecule has 0 heterocycles. The van der Waals surface area contributed by atoms with Gasteiger partial charge in [-0.1, -0.05) is 60.7 Å². The fourth-order valence-electron chi connectivity index (χ4n) is 3.06. The summed E-state index contributed by atoms with van der Waals surface area (Å²) >= 11 is 0. The number of hydrogen-bond donors (Lipinski definition) is 0. The van der Waals surface area contributed by atoms with Crippen molar-refractivity contribution in [3.63, 3.8) is 0 Å². The van der Waals surface area contributed by atoms with Crippen LogP contribution in [0, 0.1) is 0 Å². The van der Waals surface area contributed by atoms with E-state index in [4.69, 9.17) is 0 Å². The molecule has 0 saturated carbocycles. The highest BCUT2D eigenvalue weighted by atomic mass is 16.1. The molecule has 0 atom stereocenters. The zero-order valence-corrected chi connectivity index (χ0v) is 17.5. The van der Waals surface area contributed by atoms with Gasteiger partial charge in [0, 0.05) is 11.1 Å². The van der Waals surface area contributed by atoms with Crippen molar-refractivity contribution in [2.45, 2.75) is 0 Å². The Morgan fingerprint density at radius 1 is 0.643 bits per heavy atom. The van der Waals surface area contributed by atoms with Crippen molar-refractivity contribution in [2.75, 3.05) is 54.4 Å². The van der Waals surface area contributed by atoms with Crippen LogP contribution in [-0.4, -0.2) is 74.9 Å². The third kappa shape index (κ3) is 7.22. The Labute approximate surface area is 168 Å². The third-order valence-electron chi connectivity index (χ3n) is 4.70. The zero-order chi connectivity index (χ0) is 20.6. The molecule has 148 valence electrons. The van der Waals surface area contributed by atoms with Crippen LogP contribution in [0.5, 0.6) is 0 Å². The van der Waals surface area contributed by atoms with Crippen LogP contribution in [-0.2, 0) is 0 Å². The first kappa shape index (κ1) is 21.7. The highest BCUT2D eigenvalue weighted by molar-refractivity contribution is 5.97. The van der Waals surface area contributed by atoms with Crippen LogP contribution in [0.2, 0.25) is 0 Å². The van der Waals surface area contributed by atoms with Crippen molar-refractivity contribution >= 4 is 11.6 Å². The molecule has 0 aromatic heterocycles. The maximum Gasteiger partial charge on any atom is 0.216 e. The lowest BCUT2D eigenvalue weighted by molar-refractivity contribution is -0.878. The number of hydrogen-bond acceptors (Lipinski definition) is 2. The lowest BCUT2D eigenvalue weighted by Crippen LogP contribution is -2.45. The molecular weight excluding hydrogens is 348 g/mol. The Morgan fingerprint density at radius 2 is 0.964 bits per heavy atom. The summed E-state index contributed by atoms with van der Waals surface area (Å²) in [6, 6.07) is 18.9. The van der Waals surface area contributed by atoms with Gasteiger partial charge in [0.1, 0.15) is 13.1 Å². The Kier molecular flexibility index (Phi) is 7.44. The van der Waals surface area contributed by atoms with E-state index in [0.29, 0.717) is 22.1 Å². The van der Waals surface area contributed by atoms with Gasteiger partial charge in [-0.25, -0.2) is 0 Å². The van der Waals surface area contributed by atoms with Gasteiger partial charge in [0.25, 0.3) is 0 Å². The Balaban J connectivity index is 1.84. The van der Waals surface area contributed by atoms with Crippen molar-refractivity contribution in [3.8, 4) is 0 Å². The lowest BCUT2D eigenvalue weighted by atomic mass is 10.1. The first-order valence-corrected chi connectivity index (χ1v) is 9.64. The van der Waals surface area contributed by atoms with E-state index in [-0.39, 0.29) is 11.6 Å². The Hall–Kier alpha value is -2.56. The van der Waals surface area contributed by atoms with Gasteiger partial charge < -0.3 is 8.97 Å². The number of rotatable bonds is 10. The predicted molar refractivity (Wildman–Crippen MR) is 114 cm³/mol. The van der Waals surface area contributed by atoms with Crippen molar-refractivity contribution in [3.05, 3.63) is 83.9 Å². The van der Waals surface area contributed by atoms with Crippen LogP contribution in [0.4, 0.5) is 0 Å². The standard InChI is InChI=1S/C24H32N2O2/c1-25(2,19-23(27)21-13-7-5-8-14-21)17-11-12-18-26(3,4)20-24(28)22-15-9-6-10-16-22/h5-16H,17-20H2,1-4H3/q+2/b12-11+. The van der Waals surface area contributed by atoms with Gasteiger partial charge in [-0.15, -0.1) is 0 Å². The number of carbonyl (C=O) groups excluding carboxylic acids is 2. The molecule has 28 heavy (non-hydrogen) atoms. The van der Waals surface area contributed by atoms with Crippen molar-refractivity contribution in [1.29, 1.82) is 0 Å². The van der Waals surface area contributed by atoms with Crippen LogP contribution >= 0.6 is 0 Å². The summed E-state index contributed by atoms with van der Waals surface area (Å²) in [5.74, 6) is 0.312. The maximum atomic E-state index is 12.4. The second kappa shape index (κ2) is 9.58. The number of ketones is 2. The SMILES string of the molecule is C[N+](C)(C/C=C/C[N+](C)(C)CC(=O)c1ccccc1)CC(=O)c1ccccc1. The van der Waals surface area contributed by atoms with E-state index in [2.05, 4.69) is 40.3 Å². The third-order valence-corrected chi connectivity index (χ3v) is 4.70. The summed E-state index contributed by atoms with van der Waals surface area (Å²) in [5.41, 5.74) is 1.52. The highest BCUT2D eigenvalue weighted by Crippen LogP contribution is 2.08. The molecule has 0 aliphatic rings.